The van der Waals surface area contributed by atoms with Crippen molar-refractivity contribution in [1.82, 2.24) is 0 Å². The number of aryl methyl sites for hydroxylation is 1. The Morgan fingerprint density at radius 2 is 1.77 bits per heavy atom. The first-order chi connectivity index (χ1) is 12.6. The number of rotatable bonds is 7. The van der Waals surface area contributed by atoms with Crippen LogP contribution in [-0.2, 0) is 17.8 Å². The molecule has 0 heterocycles. The Kier molecular flexibility index (Phi) is 5.54. The van der Waals surface area contributed by atoms with Crippen LogP contribution in [0.25, 0.3) is 0 Å². The monoisotopic (exact) mass is 350 g/mol. The molecule has 4 heteroatoms. The fourth-order valence-electron chi connectivity index (χ4n) is 3.12. The molecular formula is C22H22O4. The molecule has 0 amide bonds. The molecule has 2 aromatic carbocycles. The van der Waals surface area contributed by atoms with Crippen molar-refractivity contribution in [3.8, 4) is 5.75 Å². The molecule has 0 aromatic heterocycles. The number of benzene rings is 2. The summed E-state index contributed by atoms with van der Waals surface area (Å²) in [6.45, 7) is 0.461. The van der Waals surface area contributed by atoms with E-state index in [9.17, 15) is 15.0 Å². The molecule has 26 heavy (non-hydrogen) atoms. The zero-order valence-corrected chi connectivity index (χ0v) is 14.4. The fraction of sp³-hybridized carbons (Fsp3) is 0.227. The molecule has 4 nitrogen and oxygen atoms in total. The van der Waals surface area contributed by atoms with Crippen molar-refractivity contribution < 1.29 is 19.7 Å². The van der Waals surface area contributed by atoms with Gasteiger partial charge in [0, 0.05) is 0 Å². The largest absolute Gasteiger partial charge is 0.489 e. The van der Waals surface area contributed by atoms with Gasteiger partial charge in [0.1, 0.15) is 23.9 Å². The van der Waals surface area contributed by atoms with E-state index in [1.165, 1.54) is 6.08 Å². The molecule has 0 saturated heterocycles. The van der Waals surface area contributed by atoms with Crippen molar-refractivity contribution >= 4 is 5.97 Å². The van der Waals surface area contributed by atoms with Crippen molar-refractivity contribution in [3.63, 3.8) is 0 Å². The van der Waals surface area contributed by atoms with E-state index in [2.05, 4.69) is 0 Å². The highest BCUT2D eigenvalue weighted by Gasteiger charge is 2.38. The van der Waals surface area contributed by atoms with Crippen LogP contribution in [0.4, 0.5) is 0 Å². The number of allylic oxidation sites excluding steroid dienone is 2. The Balaban J connectivity index is 1.69. The number of carboxylic acids is 1. The van der Waals surface area contributed by atoms with Crippen LogP contribution in [0.5, 0.6) is 5.75 Å². The second-order valence-electron chi connectivity index (χ2n) is 6.43. The molecule has 0 aliphatic heterocycles. The molecule has 0 saturated carbocycles. The summed E-state index contributed by atoms with van der Waals surface area (Å²) < 4.78 is 5.94. The number of aliphatic carboxylic acids is 1. The normalized spacial score (nSPS) is 21.5. The SMILES string of the molecule is O=C(O)C1C=CC=CC1(O)CCc1ccccc1OCc1ccccc1. The predicted molar refractivity (Wildman–Crippen MR) is 99.9 cm³/mol. The topological polar surface area (TPSA) is 66.8 Å². The zero-order chi connectivity index (χ0) is 18.4. The second-order valence-corrected chi connectivity index (χ2v) is 6.43. The summed E-state index contributed by atoms with van der Waals surface area (Å²) in [5.74, 6) is -1.21. The lowest BCUT2D eigenvalue weighted by Crippen LogP contribution is -2.41. The molecule has 2 unspecified atom stereocenters. The lowest BCUT2D eigenvalue weighted by atomic mass is 9.79. The van der Waals surface area contributed by atoms with Crippen LogP contribution in [0.2, 0.25) is 0 Å². The number of hydrogen-bond acceptors (Lipinski definition) is 3. The van der Waals surface area contributed by atoms with Gasteiger partial charge in [0.25, 0.3) is 0 Å². The van der Waals surface area contributed by atoms with Gasteiger partial charge in [-0.1, -0.05) is 72.8 Å². The maximum Gasteiger partial charge on any atom is 0.313 e. The van der Waals surface area contributed by atoms with E-state index in [-0.39, 0.29) is 0 Å². The lowest BCUT2D eigenvalue weighted by Gasteiger charge is -2.31. The molecule has 2 N–H and O–H groups in total. The molecule has 2 aromatic rings. The van der Waals surface area contributed by atoms with Crippen LogP contribution in [0.1, 0.15) is 17.5 Å². The Bertz CT molecular complexity index is 810. The molecule has 134 valence electrons. The number of aliphatic hydroxyl groups is 1. The highest BCUT2D eigenvalue weighted by molar-refractivity contribution is 5.75. The minimum atomic E-state index is -1.40. The Morgan fingerprint density at radius 3 is 2.54 bits per heavy atom. The smallest absolute Gasteiger partial charge is 0.313 e. The summed E-state index contributed by atoms with van der Waals surface area (Å²) in [5, 5.41) is 20.2. The molecule has 1 aliphatic rings. The van der Waals surface area contributed by atoms with Crippen molar-refractivity contribution in [2.75, 3.05) is 0 Å². The second kappa shape index (κ2) is 8.02. The van der Waals surface area contributed by atoms with E-state index < -0.39 is 17.5 Å². The maximum atomic E-state index is 11.4. The highest BCUT2D eigenvalue weighted by atomic mass is 16.5. The molecule has 0 radical (unpaired) electrons. The van der Waals surface area contributed by atoms with Crippen LogP contribution in [0, 0.1) is 5.92 Å². The number of carboxylic acid groups (broad SMARTS) is 1. The maximum absolute atomic E-state index is 11.4. The molecule has 1 aliphatic carbocycles. The van der Waals surface area contributed by atoms with Crippen molar-refractivity contribution in [3.05, 3.63) is 90.0 Å². The van der Waals surface area contributed by atoms with Gasteiger partial charge in [0.15, 0.2) is 0 Å². The van der Waals surface area contributed by atoms with Crippen LogP contribution < -0.4 is 4.74 Å². The van der Waals surface area contributed by atoms with Gasteiger partial charge in [-0.2, -0.15) is 0 Å². The number of hydrogen-bond donors (Lipinski definition) is 2. The first-order valence-corrected chi connectivity index (χ1v) is 8.64. The third kappa shape index (κ3) is 4.21. The highest BCUT2D eigenvalue weighted by Crippen LogP contribution is 2.31. The summed E-state index contributed by atoms with van der Waals surface area (Å²) in [4.78, 5) is 11.4. The van der Waals surface area contributed by atoms with Crippen molar-refractivity contribution in [2.45, 2.75) is 25.0 Å². The van der Waals surface area contributed by atoms with Crippen molar-refractivity contribution in [2.24, 2.45) is 5.92 Å². The van der Waals surface area contributed by atoms with E-state index in [4.69, 9.17) is 4.74 Å². The lowest BCUT2D eigenvalue weighted by molar-refractivity contribution is -0.146. The number of ether oxygens (including phenoxy) is 1. The molecule has 0 bridgehead atoms. The molecule has 0 fully saturated rings. The number of para-hydroxylation sites is 1. The van der Waals surface area contributed by atoms with Crippen molar-refractivity contribution in [1.29, 1.82) is 0 Å². The molecule has 3 rings (SSSR count). The average Bonchev–Trinajstić information content (AvgIpc) is 2.66. The van der Waals surface area contributed by atoms with Gasteiger partial charge in [-0.05, 0) is 30.0 Å². The van der Waals surface area contributed by atoms with Crippen LogP contribution in [-0.4, -0.2) is 21.8 Å². The Labute approximate surface area is 153 Å². The summed E-state index contributed by atoms with van der Waals surface area (Å²) in [6.07, 6.45) is 7.26. The minimum Gasteiger partial charge on any atom is -0.489 e. The van der Waals surface area contributed by atoms with Gasteiger partial charge < -0.3 is 14.9 Å². The Morgan fingerprint density at radius 1 is 1.04 bits per heavy atom. The summed E-state index contributed by atoms with van der Waals surface area (Å²) >= 11 is 0. The summed E-state index contributed by atoms with van der Waals surface area (Å²) in [7, 11) is 0. The third-order valence-electron chi connectivity index (χ3n) is 4.61. The summed E-state index contributed by atoms with van der Waals surface area (Å²) in [5.41, 5.74) is 0.629. The average molecular weight is 350 g/mol. The van der Waals surface area contributed by atoms with Gasteiger partial charge in [0.2, 0.25) is 0 Å². The van der Waals surface area contributed by atoms with Gasteiger partial charge in [0.05, 0.1) is 0 Å². The first kappa shape index (κ1) is 18.0. The van der Waals surface area contributed by atoms with Gasteiger partial charge in [-0.3, -0.25) is 4.79 Å². The van der Waals surface area contributed by atoms with Gasteiger partial charge in [-0.15, -0.1) is 0 Å². The van der Waals surface area contributed by atoms with E-state index in [1.807, 2.05) is 54.6 Å². The minimum absolute atomic E-state index is 0.302. The molecular weight excluding hydrogens is 328 g/mol. The third-order valence-corrected chi connectivity index (χ3v) is 4.61. The van der Waals surface area contributed by atoms with Gasteiger partial charge >= 0.3 is 5.97 Å². The van der Waals surface area contributed by atoms with E-state index >= 15 is 0 Å². The standard InChI is InChI=1S/C22H22O4/c23-21(24)19-11-6-7-14-22(19,25)15-13-18-10-4-5-12-20(18)26-16-17-8-2-1-3-9-17/h1-12,14,19,25H,13,15-16H2,(H,23,24). The quantitative estimate of drug-likeness (QED) is 0.798. The van der Waals surface area contributed by atoms with Crippen LogP contribution in [0.3, 0.4) is 0 Å². The van der Waals surface area contributed by atoms with Crippen LogP contribution >= 0.6 is 0 Å². The Hall–Kier alpha value is -2.85. The predicted octanol–water partition coefficient (Wildman–Crippen LogP) is 3.76. The van der Waals surface area contributed by atoms with Gasteiger partial charge in [-0.25, -0.2) is 0 Å². The van der Waals surface area contributed by atoms with E-state index in [0.717, 1.165) is 16.9 Å². The summed E-state index contributed by atoms with van der Waals surface area (Å²) in [6, 6.07) is 17.6. The first-order valence-electron chi connectivity index (χ1n) is 8.64. The zero-order valence-electron chi connectivity index (χ0n) is 14.4. The molecule has 2 atom stereocenters. The van der Waals surface area contributed by atoms with E-state index in [0.29, 0.717) is 19.4 Å². The van der Waals surface area contributed by atoms with E-state index in [1.54, 1.807) is 18.2 Å². The number of carbonyl (C=O) groups is 1. The molecule has 0 spiro atoms. The van der Waals surface area contributed by atoms with Crippen LogP contribution in [0.15, 0.2) is 78.9 Å². The fourth-order valence-corrected chi connectivity index (χ4v) is 3.12.